The Hall–Kier alpha value is -3.11. The minimum Gasteiger partial charge on any atom is -0.497 e. The van der Waals surface area contributed by atoms with Crippen LogP contribution >= 0.6 is 0 Å². The second-order valence-electron chi connectivity index (χ2n) is 8.46. The van der Waals surface area contributed by atoms with Crippen molar-refractivity contribution in [3.8, 4) is 5.75 Å². The molecule has 0 saturated heterocycles. The molecule has 1 aromatic carbocycles. The molecule has 3 amide bonds. The van der Waals surface area contributed by atoms with E-state index in [0.29, 0.717) is 30.3 Å². The van der Waals surface area contributed by atoms with E-state index in [1.807, 2.05) is 13.8 Å². The summed E-state index contributed by atoms with van der Waals surface area (Å²) in [6.07, 6.45) is 0.963. The van der Waals surface area contributed by atoms with Crippen molar-refractivity contribution in [2.45, 2.75) is 44.2 Å². The highest BCUT2D eigenvalue weighted by molar-refractivity contribution is 5.90. The number of hydrogen-bond acceptors (Lipinski definition) is 6. The molecule has 10 heteroatoms. The zero-order valence-corrected chi connectivity index (χ0v) is 19.4. The lowest BCUT2D eigenvalue weighted by atomic mass is 9.96. The number of benzene rings is 1. The molecule has 10 nitrogen and oxygen atoms in total. The Morgan fingerprint density at radius 1 is 1.30 bits per heavy atom. The molecule has 1 saturated carbocycles. The Bertz CT molecular complexity index is 947. The normalized spacial score (nSPS) is 22.2. The monoisotopic (exact) mass is 459 g/mol. The van der Waals surface area contributed by atoms with Crippen LogP contribution in [0.1, 0.15) is 43.6 Å². The van der Waals surface area contributed by atoms with Gasteiger partial charge in [-0.05, 0) is 18.6 Å². The van der Waals surface area contributed by atoms with Gasteiger partial charge in [0.2, 0.25) is 5.91 Å². The van der Waals surface area contributed by atoms with E-state index in [4.69, 9.17) is 9.47 Å². The number of hydrogen-bond donors (Lipinski definition) is 5. The van der Waals surface area contributed by atoms with Gasteiger partial charge in [0.15, 0.2) is 0 Å². The predicted octanol–water partition coefficient (Wildman–Crippen LogP) is 1.96. The van der Waals surface area contributed by atoms with Crippen LogP contribution in [0.15, 0.2) is 30.5 Å². The van der Waals surface area contributed by atoms with Gasteiger partial charge in [0.05, 0.1) is 25.7 Å². The number of imidazole rings is 1. The number of aromatic amines is 1. The van der Waals surface area contributed by atoms with Crippen LogP contribution in [0, 0.1) is 5.92 Å². The Morgan fingerprint density at radius 2 is 2.09 bits per heavy atom. The molecule has 1 fully saturated rings. The number of methoxy groups -OCH3 is 2. The third kappa shape index (κ3) is 6.02. The van der Waals surface area contributed by atoms with Crippen LogP contribution in [0.5, 0.6) is 5.75 Å². The molecular formula is C23H33N5O5. The Kier molecular flexibility index (Phi) is 8.29. The van der Waals surface area contributed by atoms with E-state index in [2.05, 4.69) is 25.9 Å². The molecule has 3 rings (SSSR count). The second kappa shape index (κ2) is 11.2. The molecule has 5 N–H and O–H groups in total. The Balaban J connectivity index is 1.77. The maximum atomic E-state index is 12.8. The molecular weight excluding hydrogens is 426 g/mol. The number of H-pyrrole nitrogens is 1. The first-order valence-electron chi connectivity index (χ1n) is 11.0. The highest BCUT2D eigenvalue weighted by Crippen LogP contribution is 2.39. The van der Waals surface area contributed by atoms with E-state index in [9.17, 15) is 14.7 Å². The van der Waals surface area contributed by atoms with Gasteiger partial charge in [-0.2, -0.15) is 0 Å². The summed E-state index contributed by atoms with van der Waals surface area (Å²) < 4.78 is 10.2. The lowest BCUT2D eigenvalue weighted by Crippen LogP contribution is -2.41. The number of urea groups is 1. The van der Waals surface area contributed by atoms with Crippen LogP contribution in [0.3, 0.4) is 0 Å². The van der Waals surface area contributed by atoms with Crippen molar-refractivity contribution < 1.29 is 24.2 Å². The number of aromatic nitrogens is 2. The van der Waals surface area contributed by atoms with Crippen molar-refractivity contribution in [1.29, 1.82) is 0 Å². The molecule has 4 atom stereocenters. The fourth-order valence-corrected chi connectivity index (χ4v) is 4.12. The van der Waals surface area contributed by atoms with Gasteiger partial charge in [0, 0.05) is 55.2 Å². The number of rotatable bonds is 9. The lowest BCUT2D eigenvalue weighted by Gasteiger charge is -2.22. The smallest absolute Gasteiger partial charge is 0.319 e. The first-order chi connectivity index (χ1) is 15.8. The molecule has 1 heterocycles. The van der Waals surface area contributed by atoms with Gasteiger partial charge in [-0.25, -0.2) is 9.78 Å². The standard InChI is InChI=1S/C23H33N5O5/c1-13(2)21-25-12-18(27-21)19-17(11-16(20(19)29)22(30)24-8-9-32-3)28-23(31)26-14-6-5-7-15(10-14)33-4/h5-7,10,12-13,16-17,19-20,29H,8-9,11H2,1-4H3,(H,24,30)(H,25,27)(H2,26,28,31)/t16-,17+,19+,20+/m0/s1. The Labute approximate surface area is 193 Å². The fraction of sp³-hybridized carbons (Fsp3) is 0.522. The number of carbonyl (C=O) groups excluding carboxylic acids is 2. The summed E-state index contributed by atoms with van der Waals surface area (Å²) in [7, 11) is 3.11. The molecule has 0 spiro atoms. The van der Waals surface area contributed by atoms with E-state index < -0.39 is 30.0 Å². The highest BCUT2D eigenvalue weighted by Gasteiger charge is 2.47. The van der Waals surface area contributed by atoms with Crippen LogP contribution in [0.2, 0.25) is 0 Å². The van der Waals surface area contributed by atoms with Crippen LogP contribution in [-0.4, -0.2) is 66.5 Å². The third-order valence-electron chi connectivity index (χ3n) is 5.83. The van der Waals surface area contributed by atoms with Crippen LogP contribution < -0.4 is 20.7 Å². The van der Waals surface area contributed by atoms with Gasteiger partial charge in [0.25, 0.3) is 0 Å². The molecule has 0 radical (unpaired) electrons. The molecule has 0 unspecified atom stereocenters. The summed E-state index contributed by atoms with van der Waals surface area (Å²) >= 11 is 0. The average Bonchev–Trinajstić information content (AvgIpc) is 3.38. The quantitative estimate of drug-likeness (QED) is 0.364. The van der Waals surface area contributed by atoms with Crippen LogP contribution in [0.4, 0.5) is 10.5 Å². The number of anilines is 1. The van der Waals surface area contributed by atoms with E-state index in [-0.39, 0.29) is 18.2 Å². The number of carbonyl (C=O) groups is 2. The van der Waals surface area contributed by atoms with Gasteiger partial charge in [0.1, 0.15) is 11.6 Å². The molecule has 0 aliphatic heterocycles. The minimum absolute atomic E-state index is 0.174. The van der Waals surface area contributed by atoms with Gasteiger partial charge < -0.3 is 35.5 Å². The average molecular weight is 460 g/mol. The van der Waals surface area contributed by atoms with Crippen molar-refractivity contribution in [3.05, 3.63) is 42.0 Å². The van der Waals surface area contributed by atoms with Crippen LogP contribution in [-0.2, 0) is 9.53 Å². The summed E-state index contributed by atoms with van der Waals surface area (Å²) in [5, 5.41) is 19.6. The van der Waals surface area contributed by atoms with Crippen molar-refractivity contribution in [1.82, 2.24) is 20.6 Å². The van der Waals surface area contributed by atoms with E-state index in [1.165, 1.54) is 0 Å². The molecule has 180 valence electrons. The number of aliphatic hydroxyl groups excluding tert-OH is 1. The van der Waals surface area contributed by atoms with Crippen molar-refractivity contribution in [2.75, 3.05) is 32.7 Å². The first-order valence-corrected chi connectivity index (χ1v) is 11.0. The molecule has 1 aromatic heterocycles. The summed E-state index contributed by atoms with van der Waals surface area (Å²) in [6, 6.07) is 6.09. The summed E-state index contributed by atoms with van der Waals surface area (Å²) in [5.41, 5.74) is 1.25. The maximum absolute atomic E-state index is 12.8. The number of ether oxygens (including phenoxy) is 2. The third-order valence-corrected chi connectivity index (χ3v) is 5.83. The topological polar surface area (TPSA) is 138 Å². The molecule has 2 aromatic rings. The van der Waals surface area contributed by atoms with Crippen molar-refractivity contribution >= 4 is 17.6 Å². The molecule has 33 heavy (non-hydrogen) atoms. The zero-order valence-electron chi connectivity index (χ0n) is 19.4. The largest absolute Gasteiger partial charge is 0.497 e. The maximum Gasteiger partial charge on any atom is 0.319 e. The SMILES string of the molecule is COCCNC(=O)[C@H]1C[C@@H](NC(=O)Nc2cccc(OC)c2)[C@H](c2cnc(C(C)C)[nH]2)[C@@H]1O. The van der Waals surface area contributed by atoms with Crippen molar-refractivity contribution in [3.63, 3.8) is 0 Å². The van der Waals surface area contributed by atoms with Gasteiger partial charge in [-0.1, -0.05) is 19.9 Å². The number of nitrogens with one attached hydrogen (secondary N) is 4. The predicted molar refractivity (Wildman–Crippen MR) is 123 cm³/mol. The number of amides is 3. The summed E-state index contributed by atoms with van der Waals surface area (Å²) in [5.74, 6) is 0.107. The van der Waals surface area contributed by atoms with Crippen LogP contribution in [0.25, 0.3) is 0 Å². The molecule has 1 aliphatic carbocycles. The second-order valence-corrected chi connectivity index (χ2v) is 8.46. The number of nitrogens with zero attached hydrogens (tertiary/aromatic N) is 1. The van der Waals surface area contributed by atoms with E-state index in [1.54, 1.807) is 44.7 Å². The van der Waals surface area contributed by atoms with Crippen molar-refractivity contribution in [2.24, 2.45) is 5.92 Å². The van der Waals surface area contributed by atoms with E-state index >= 15 is 0 Å². The fourth-order valence-electron chi connectivity index (χ4n) is 4.12. The molecule has 0 bridgehead atoms. The van der Waals surface area contributed by atoms with Gasteiger partial charge in [-0.15, -0.1) is 0 Å². The number of aliphatic hydroxyl groups is 1. The summed E-state index contributed by atoms with van der Waals surface area (Å²) in [4.78, 5) is 33.1. The van der Waals surface area contributed by atoms with E-state index in [0.717, 1.165) is 5.82 Å². The highest BCUT2D eigenvalue weighted by atomic mass is 16.5. The van der Waals surface area contributed by atoms with Gasteiger partial charge >= 0.3 is 6.03 Å². The lowest BCUT2D eigenvalue weighted by molar-refractivity contribution is -0.127. The summed E-state index contributed by atoms with van der Waals surface area (Å²) in [6.45, 7) is 4.74. The minimum atomic E-state index is -0.991. The zero-order chi connectivity index (χ0) is 24.0. The molecule has 1 aliphatic rings. The van der Waals surface area contributed by atoms with Gasteiger partial charge in [-0.3, -0.25) is 4.79 Å². The first kappa shape index (κ1) is 24.5. The Morgan fingerprint density at radius 3 is 2.76 bits per heavy atom.